The number of fused-ring (bicyclic) bond motifs is 1. The van der Waals surface area contributed by atoms with Crippen molar-refractivity contribution in [3.8, 4) is 11.1 Å². The maximum Gasteiger partial charge on any atom is 0.272 e. The molecule has 1 fully saturated rings. The molecule has 3 heterocycles. The molecule has 0 unspecified atom stereocenters. The molecule has 3 aromatic rings. The van der Waals surface area contributed by atoms with Gasteiger partial charge in [0.25, 0.3) is 11.8 Å². The van der Waals surface area contributed by atoms with Crippen LogP contribution in [0.1, 0.15) is 16.9 Å². The summed E-state index contributed by atoms with van der Waals surface area (Å²) in [7, 11) is 0. The van der Waals surface area contributed by atoms with Gasteiger partial charge in [0.05, 0.1) is 12.1 Å². The fourth-order valence-corrected chi connectivity index (χ4v) is 3.31. The van der Waals surface area contributed by atoms with E-state index in [-0.39, 0.29) is 18.9 Å². The largest absolute Gasteiger partial charge is 0.349 e. The molecule has 1 aliphatic heterocycles. The minimum atomic E-state index is -2.62. The smallest absolute Gasteiger partial charge is 0.272 e. The average Bonchev–Trinajstić information content (AvgIpc) is 3.24. The minimum Gasteiger partial charge on any atom is -0.349 e. The van der Waals surface area contributed by atoms with Crippen LogP contribution in [0.2, 0.25) is 0 Å². The summed E-state index contributed by atoms with van der Waals surface area (Å²) in [6.07, 6.45) is 3.34. The van der Waals surface area contributed by atoms with E-state index in [2.05, 4.69) is 20.5 Å². The van der Waals surface area contributed by atoms with Gasteiger partial charge in [-0.1, -0.05) is 12.1 Å². The maximum atomic E-state index is 13.2. The number of alkyl halides is 2. The first-order valence-corrected chi connectivity index (χ1v) is 8.79. The molecule has 2 aromatic heterocycles. The Morgan fingerprint density at radius 3 is 2.93 bits per heavy atom. The first-order valence-electron chi connectivity index (χ1n) is 8.79. The average molecular weight is 371 g/mol. The monoisotopic (exact) mass is 371 g/mol. The number of H-pyrrole nitrogens is 1. The third-order valence-electron chi connectivity index (χ3n) is 4.74. The zero-order valence-electron chi connectivity index (χ0n) is 14.6. The number of nitrogens with one attached hydrogen (secondary N) is 2. The van der Waals surface area contributed by atoms with Gasteiger partial charge in [-0.05, 0) is 23.8 Å². The second kappa shape index (κ2) is 7.03. The molecule has 1 aromatic carbocycles. The van der Waals surface area contributed by atoms with Crippen molar-refractivity contribution in [3.63, 3.8) is 0 Å². The van der Waals surface area contributed by atoms with Crippen molar-refractivity contribution in [1.82, 2.24) is 25.4 Å². The van der Waals surface area contributed by atoms with E-state index < -0.39 is 5.92 Å². The Hall–Kier alpha value is -2.87. The highest BCUT2D eigenvalue weighted by atomic mass is 19.3. The third kappa shape index (κ3) is 3.80. The number of pyridine rings is 1. The fourth-order valence-electron chi connectivity index (χ4n) is 3.31. The van der Waals surface area contributed by atoms with Crippen LogP contribution in [0.15, 0.2) is 42.7 Å². The van der Waals surface area contributed by atoms with Gasteiger partial charge in [0.15, 0.2) is 5.69 Å². The van der Waals surface area contributed by atoms with Crippen LogP contribution >= 0.6 is 0 Å². The van der Waals surface area contributed by atoms with Gasteiger partial charge in [-0.25, -0.2) is 8.78 Å². The summed E-state index contributed by atoms with van der Waals surface area (Å²) in [6.45, 7) is 0.793. The standard InChI is InChI=1S/C19H19F2N5O/c20-19(21)5-8-26(12-19)9-7-23-18(27)17-15-10-13(3-4-16(15)24-25-17)14-2-1-6-22-11-14/h1-4,6,10-11H,5,7-9,12H2,(H,23,27)(H,24,25). The van der Waals surface area contributed by atoms with Crippen LogP contribution in [0.5, 0.6) is 0 Å². The molecule has 0 saturated carbocycles. The number of benzene rings is 1. The number of rotatable bonds is 5. The summed E-state index contributed by atoms with van der Waals surface area (Å²) in [5, 5.41) is 10.5. The zero-order valence-corrected chi connectivity index (χ0v) is 14.6. The second-order valence-electron chi connectivity index (χ2n) is 6.71. The van der Waals surface area contributed by atoms with Crippen LogP contribution in [0.25, 0.3) is 22.0 Å². The normalized spacial score (nSPS) is 16.7. The van der Waals surface area contributed by atoms with Crippen LogP contribution < -0.4 is 5.32 Å². The molecule has 6 nitrogen and oxygen atoms in total. The van der Waals surface area contributed by atoms with E-state index in [0.29, 0.717) is 30.7 Å². The fraction of sp³-hybridized carbons (Fsp3) is 0.316. The Kier molecular flexibility index (Phi) is 4.57. The topological polar surface area (TPSA) is 73.9 Å². The summed E-state index contributed by atoms with van der Waals surface area (Å²) in [5.74, 6) is -2.94. The van der Waals surface area contributed by atoms with E-state index in [1.54, 1.807) is 17.3 Å². The van der Waals surface area contributed by atoms with Gasteiger partial charge >= 0.3 is 0 Å². The summed E-state index contributed by atoms with van der Waals surface area (Å²) in [6, 6.07) is 9.50. The first-order chi connectivity index (χ1) is 13.0. The maximum absolute atomic E-state index is 13.2. The molecule has 1 aliphatic rings. The first kappa shape index (κ1) is 17.5. The van der Waals surface area contributed by atoms with Gasteiger partial charge in [0, 0.05) is 49.4 Å². The van der Waals surface area contributed by atoms with Gasteiger partial charge in [-0.2, -0.15) is 5.10 Å². The van der Waals surface area contributed by atoms with E-state index in [9.17, 15) is 13.6 Å². The van der Waals surface area contributed by atoms with Crippen molar-refractivity contribution >= 4 is 16.8 Å². The highest BCUT2D eigenvalue weighted by Crippen LogP contribution is 2.26. The number of aromatic amines is 1. The lowest BCUT2D eigenvalue weighted by Gasteiger charge is -2.15. The molecule has 4 rings (SSSR count). The molecule has 140 valence electrons. The Bertz CT molecular complexity index is 957. The van der Waals surface area contributed by atoms with E-state index >= 15 is 0 Å². The lowest BCUT2D eigenvalue weighted by Crippen LogP contribution is -2.35. The second-order valence-corrected chi connectivity index (χ2v) is 6.71. The van der Waals surface area contributed by atoms with Crippen LogP contribution in [0, 0.1) is 0 Å². The Morgan fingerprint density at radius 1 is 1.30 bits per heavy atom. The van der Waals surface area contributed by atoms with Gasteiger partial charge in [0.1, 0.15) is 0 Å². The number of likely N-dealkylation sites (tertiary alicyclic amines) is 1. The van der Waals surface area contributed by atoms with Crippen LogP contribution in [0.4, 0.5) is 8.78 Å². The molecule has 1 saturated heterocycles. The van der Waals surface area contributed by atoms with Crippen LogP contribution in [0.3, 0.4) is 0 Å². The lowest BCUT2D eigenvalue weighted by molar-refractivity contribution is 0.0124. The molecule has 0 radical (unpaired) electrons. The molecular formula is C19H19F2N5O. The van der Waals surface area contributed by atoms with Crippen LogP contribution in [-0.4, -0.2) is 58.1 Å². The van der Waals surface area contributed by atoms with Crippen LogP contribution in [-0.2, 0) is 0 Å². The SMILES string of the molecule is O=C(NCCN1CCC(F)(F)C1)c1n[nH]c2ccc(-c3cccnc3)cc12. The van der Waals surface area contributed by atoms with E-state index in [1.807, 2.05) is 30.3 Å². The number of carbonyl (C=O) groups is 1. The predicted octanol–water partition coefficient (Wildman–Crippen LogP) is 2.70. The van der Waals surface area contributed by atoms with Crippen molar-refractivity contribution in [2.75, 3.05) is 26.2 Å². The molecular weight excluding hydrogens is 352 g/mol. The van der Waals surface area contributed by atoms with Gasteiger partial charge in [-0.15, -0.1) is 0 Å². The summed E-state index contributed by atoms with van der Waals surface area (Å²) in [5.41, 5.74) is 2.93. The van der Waals surface area contributed by atoms with Crippen molar-refractivity contribution in [3.05, 3.63) is 48.4 Å². The van der Waals surface area contributed by atoms with E-state index in [0.717, 1.165) is 16.6 Å². The van der Waals surface area contributed by atoms with Gasteiger partial charge in [0.2, 0.25) is 0 Å². The Morgan fingerprint density at radius 2 is 2.19 bits per heavy atom. The number of carbonyl (C=O) groups excluding carboxylic acids is 1. The molecule has 8 heteroatoms. The number of nitrogens with zero attached hydrogens (tertiary/aromatic N) is 3. The summed E-state index contributed by atoms with van der Waals surface area (Å²) in [4.78, 5) is 18.3. The number of hydrogen-bond acceptors (Lipinski definition) is 4. The number of halogens is 2. The predicted molar refractivity (Wildman–Crippen MR) is 97.7 cm³/mol. The molecule has 2 N–H and O–H groups in total. The summed E-state index contributed by atoms with van der Waals surface area (Å²) < 4.78 is 26.4. The zero-order chi connectivity index (χ0) is 18.9. The Balaban J connectivity index is 1.45. The van der Waals surface area contributed by atoms with Crippen molar-refractivity contribution < 1.29 is 13.6 Å². The van der Waals surface area contributed by atoms with Crippen molar-refractivity contribution in [1.29, 1.82) is 0 Å². The third-order valence-corrected chi connectivity index (χ3v) is 4.74. The van der Waals surface area contributed by atoms with Gasteiger partial charge in [-0.3, -0.25) is 19.8 Å². The summed E-state index contributed by atoms with van der Waals surface area (Å²) >= 11 is 0. The molecule has 0 atom stereocenters. The highest BCUT2D eigenvalue weighted by Gasteiger charge is 2.37. The minimum absolute atomic E-state index is 0.123. The Labute approximate surface area is 154 Å². The van der Waals surface area contributed by atoms with Crippen molar-refractivity contribution in [2.24, 2.45) is 0 Å². The van der Waals surface area contributed by atoms with Crippen molar-refractivity contribution in [2.45, 2.75) is 12.3 Å². The molecule has 1 amide bonds. The lowest BCUT2D eigenvalue weighted by atomic mass is 10.0. The highest BCUT2D eigenvalue weighted by molar-refractivity contribution is 6.05. The molecule has 0 aliphatic carbocycles. The number of aromatic nitrogens is 3. The van der Waals surface area contributed by atoms with Gasteiger partial charge < -0.3 is 5.32 Å². The molecule has 0 spiro atoms. The number of hydrogen-bond donors (Lipinski definition) is 2. The number of amides is 1. The van der Waals surface area contributed by atoms with E-state index in [1.165, 1.54) is 0 Å². The van der Waals surface area contributed by atoms with E-state index in [4.69, 9.17) is 0 Å². The molecule has 0 bridgehead atoms. The molecule has 27 heavy (non-hydrogen) atoms. The quantitative estimate of drug-likeness (QED) is 0.723.